The minimum absolute atomic E-state index is 0.712. The van der Waals surface area contributed by atoms with E-state index in [0.29, 0.717) is 5.82 Å². The molecule has 0 aliphatic heterocycles. The largest absolute Gasteiger partial charge is 0.359 e. The Labute approximate surface area is 162 Å². The number of hydrogen-bond donors (Lipinski definition) is 3. The van der Waals surface area contributed by atoms with Crippen LogP contribution in [0.25, 0.3) is 33.2 Å². The lowest BCUT2D eigenvalue weighted by Crippen LogP contribution is -2.03. The second kappa shape index (κ2) is 6.20. The van der Waals surface area contributed by atoms with Gasteiger partial charge in [-0.2, -0.15) is 5.10 Å². The predicted molar refractivity (Wildman–Crippen MR) is 113 cm³/mol. The van der Waals surface area contributed by atoms with Crippen molar-refractivity contribution >= 4 is 33.3 Å². The first-order valence-corrected chi connectivity index (χ1v) is 9.22. The molecule has 0 saturated carbocycles. The first-order valence-electron chi connectivity index (χ1n) is 9.22. The molecule has 0 aliphatic carbocycles. The van der Waals surface area contributed by atoms with E-state index >= 15 is 0 Å². The van der Waals surface area contributed by atoms with Crippen LogP contribution in [-0.2, 0) is 0 Å². The van der Waals surface area contributed by atoms with Gasteiger partial charge < -0.3 is 10.3 Å². The number of nitrogens with one attached hydrogen (secondary N) is 3. The van der Waals surface area contributed by atoms with Gasteiger partial charge in [0.15, 0.2) is 5.82 Å². The van der Waals surface area contributed by atoms with Crippen LogP contribution in [0.1, 0.15) is 17.0 Å². The van der Waals surface area contributed by atoms with E-state index in [1.54, 1.807) is 0 Å². The van der Waals surface area contributed by atoms with Gasteiger partial charge in [0.25, 0.3) is 0 Å². The number of fused-ring (bicyclic) bond motifs is 2. The Balaban J connectivity index is 1.56. The number of hydrogen-bond acceptors (Lipinski definition) is 4. The highest BCUT2D eigenvalue weighted by Gasteiger charge is 2.11. The predicted octanol–water partition coefficient (Wildman–Crippen LogP) is 5.17. The summed E-state index contributed by atoms with van der Waals surface area (Å²) in [5.74, 6) is 1.53. The summed E-state index contributed by atoms with van der Waals surface area (Å²) in [6, 6.07) is 14.5. The fraction of sp³-hybridized carbons (Fsp3) is 0.136. The third kappa shape index (κ3) is 2.79. The number of aromatic amines is 2. The summed E-state index contributed by atoms with van der Waals surface area (Å²) in [4.78, 5) is 12.9. The van der Waals surface area contributed by atoms with Crippen molar-refractivity contribution in [1.29, 1.82) is 0 Å². The molecule has 3 aromatic heterocycles. The molecule has 138 valence electrons. The number of aromatic nitrogens is 5. The summed E-state index contributed by atoms with van der Waals surface area (Å²) >= 11 is 0. The average molecular weight is 368 g/mol. The van der Waals surface area contributed by atoms with Crippen LogP contribution in [0.3, 0.4) is 0 Å². The monoisotopic (exact) mass is 368 g/mol. The molecule has 2 aromatic carbocycles. The van der Waals surface area contributed by atoms with Crippen LogP contribution in [-0.4, -0.2) is 25.1 Å². The minimum Gasteiger partial charge on any atom is -0.359 e. The number of H-pyrrole nitrogens is 2. The fourth-order valence-corrected chi connectivity index (χ4v) is 3.45. The maximum Gasteiger partial charge on any atom is 0.161 e. The van der Waals surface area contributed by atoms with E-state index in [4.69, 9.17) is 9.97 Å². The molecule has 28 heavy (non-hydrogen) atoms. The van der Waals surface area contributed by atoms with Crippen LogP contribution in [0.2, 0.25) is 0 Å². The molecule has 0 amide bonds. The highest BCUT2D eigenvalue weighted by Crippen LogP contribution is 2.27. The number of rotatable bonds is 3. The maximum atomic E-state index is 4.82. The van der Waals surface area contributed by atoms with Gasteiger partial charge in [-0.3, -0.25) is 5.10 Å². The van der Waals surface area contributed by atoms with Crippen LogP contribution in [0.5, 0.6) is 0 Å². The highest BCUT2D eigenvalue weighted by atomic mass is 15.1. The second-order valence-corrected chi connectivity index (χ2v) is 7.16. The molecule has 0 fully saturated rings. The molecule has 0 bridgehead atoms. The molecule has 0 unspecified atom stereocenters. The van der Waals surface area contributed by atoms with E-state index in [-0.39, 0.29) is 0 Å². The molecule has 0 aliphatic rings. The van der Waals surface area contributed by atoms with Crippen molar-refractivity contribution < 1.29 is 0 Å². The van der Waals surface area contributed by atoms with Crippen LogP contribution in [0.4, 0.5) is 11.5 Å². The fourth-order valence-electron chi connectivity index (χ4n) is 3.45. The summed E-state index contributed by atoms with van der Waals surface area (Å²) in [5, 5.41) is 12.7. The Morgan fingerprint density at radius 3 is 2.64 bits per heavy atom. The third-order valence-corrected chi connectivity index (χ3v) is 5.11. The first-order chi connectivity index (χ1) is 13.6. The van der Waals surface area contributed by atoms with Gasteiger partial charge in [0.05, 0.1) is 11.7 Å². The minimum atomic E-state index is 0.712. The molecule has 5 rings (SSSR count). The van der Waals surface area contributed by atoms with Gasteiger partial charge in [-0.1, -0.05) is 12.1 Å². The zero-order valence-corrected chi connectivity index (χ0v) is 16.0. The quantitative estimate of drug-likeness (QED) is 0.410. The first kappa shape index (κ1) is 16.5. The molecule has 6 heteroatoms. The lowest BCUT2D eigenvalue weighted by Gasteiger charge is -2.13. The summed E-state index contributed by atoms with van der Waals surface area (Å²) in [6.45, 7) is 6.11. The molecular weight excluding hydrogens is 348 g/mol. The Hall–Kier alpha value is -3.67. The van der Waals surface area contributed by atoms with E-state index < -0.39 is 0 Å². The summed E-state index contributed by atoms with van der Waals surface area (Å²) in [6.07, 6.45) is 1.82. The standard InChI is InChI=1S/C22H20N6/c1-12-8-15-4-5-16(10-20(15)24-12)22-25-14(3)13(2)21(27-22)26-18-6-7-19-17(9-18)11-23-28-19/h4-11,24H,1-3H3,(H,23,28)(H,25,26,27). The zero-order chi connectivity index (χ0) is 19.3. The van der Waals surface area contributed by atoms with Crippen LogP contribution < -0.4 is 5.32 Å². The van der Waals surface area contributed by atoms with Gasteiger partial charge in [-0.05, 0) is 56.5 Å². The molecule has 0 spiro atoms. The lowest BCUT2D eigenvalue weighted by molar-refractivity contribution is 1.07. The third-order valence-electron chi connectivity index (χ3n) is 5.11. The SMILES string of the molecule is Cc1cc2ccc(-c3nc(C)c(C)c(Nc4ccc5[nH]ncc5c4)n3)cc2[nH]1. The number of nitrogens with zero attached hydrogens (tertiary/aromatic N) is 3. The highest BCUT2D eigenvalue weighted by molar-refractivity contribution is 5.85. The normalized spacial score (nSPS) is 11.4. The van der Waals surface area contributed by atoms with E-state index in [1.807, 2.05) is 32.2 Å². The maximum absolute atomic E-state index is 4.82. The van der Waals surface area contributed by atoms with Crippen molar-refractivity contribution in [2.24, 2.45) is 0 Å². The Kier molecular flexibility index (Phi) is 3.65. The van der Waals surface area contributed by atoms with Crippen LogP contribution in [0, 0.1) is 20.8 Å². The van der Waals surface area contributed by atoms with E-state index in [9.17, 15) is 0 Å². The van der Waals surface area contributed by atoms with E-state index in [2.05, 4.69) is 57.8 Å². The van der Waals surface area contributed by atoms with Gasteiger partial charge >= 0.3 is 0 Å². The smallest absolute Gasteiger partial charge is 0.161 e. The van der Waals surface area contributed by atoms with Gasteiger partial charge in [-0.25, -0.2) is 9.97 Å². The van der Waals surface area contributed by atoms with Crippen molar-refractivity contribution in [1.82, 2.24) is 25.1 Å². The van der Waals surface area contributed by atoms with Gasteiger partial charge in [0.1, 0.15) is 5.82 Å². The van der Waals surface area contributed by atoms with Gasteiger partial charge in [0.2, 0.25) is 0 Å². The summed E-state index contributed by atoms with van der Waals surface area (Å²) < 4.78 is 0. The van der Waals surface area contributed by atoms with Gasteiger partial charge in [-0.15, -0.1) is 0 Å². The van der Waals surface area contributed by atoms with Gasteiger partial charge in [0, 0.05) is 39.1 Å². The molecule has 0 radical (unpaired) electrons. The molecule has 0 saturated heterocycles. The molecule has 0 atom stereocenters. The van der Waals surface area contributed by atoms with Crippen molar-refractivity contribution in [2.75, 3.05) is 5.32 Å². The summed E-state index contributed by atoms with van der Waals surface area (Å²) in [7, 11) is 0. The number of anilines is 2. The van der Waals surface area contributed by atoms with E-state index in [0.717, 1.165) is 50.4 Å². The van der Waals surface area contributed by atoms with Crippen molar-refractivity contribution in [2.45, 2.75) is 20.8 Å². The Morgan fingerprint density at radius 2 is 1.75 bits per heavy atom. The van der Waals surface area contributed by atoms with Crippen LogP contribution >= 0.6 is 0 Å². The topological polar surface area (TPSA) is 82.3 Å². The number of benzene rings is 2. The van der Waals surface area contributed by atoms with Crippen molar-refractivity contribution in [3.05, 3.63) is 65.6 Å². The molecule has 3 heterocycles. The molecular formula is C22H20N6. The van der Waals surface area contributed by atoms with Crippen LogP contribution in [0.15, 0.2) is 48.7 Å². The van der Waals surface area contributed by atoms with Crippen molar-refractivity contribution in [3.63, 3.8) is 0 Å². The zero-order valence-electron chi connectivity index (χ0n) is 16.0. The molecule has 5 aromatic rings. The molecule has 3 N–H and O–H groups in total. The average Bonchev–Trinajstić information content (AvgIpc) is 3.29. The summed E-state index contributed by atoms with van der Waals surface area (Å²) in [5.41, 5.74) is 7.20. The van der Waals surface area contributed by atoms with E-state index in [1.165, 1.54) is 5.39 Å². The Morgan fingerprint density at radius 1 is 0.857 bits per heavy atom. The lowest BCUT2D eigenvalue weighted by atomic mass is 10.1. The van der Waals surface area contributed by atoms with Crippen molar-refractivity contribution in [3.8, 4) is 11.4 Å². The second-order valence-electron chi connectivity index (χ2n) is 7.16. The molecule has 6 nitrogen and oxygen atoms in total. The Bertz CT molecular complexity index is 1330. The number of aryl methyl sites for hydroxylation is 2.